The van der Waals surface area contributed by atoms with Gasteiger partial charge in [0.25, 0.3) is 0 Å². The van der Waals surface area contributed by atoms with Crippen molar-refractivity contribution in [3.05, 3.63) is 58.5 Å². The van der Waals surface area contributed by atoms with E-state index in [0.717, 1.165) is 47.2 Å². The summed E-state index contributed by atoms with van der Waals surface area (Å²) in [7, 11) is 0. The minimum Gasteiger partial charge on any atom is -0.364 e. The Balaban J connectivity index is 1.71. The zero-order valence-electron chi connectivity index (χ0n) is 17.5. The summed E-state index contributed by atoms with van der Waals surface area (Å²) in [6.45, 7) is 12.0. The van der Waals surface area contributed by atoms with Crippen LogP contribution in [0.5, 0.6) is 0 Å². The van der Waals surface area contributed by atoms with Gasteiger partial charge in [0.1, 0.15) is 16.5 Å². The van der Waals surface area contributed by atoms with Crippen LogP contribution in [-0.4, -0.2) is 32.9 Å². The van der Waals surface area contributed by atoms with Crippen LogP contribution in [0, 0.1) is 13.8 Å². The average molecular weight is 406 g/mol. The number of pyridine rings is 1. The van der Waals surface area contributed by atoms with E-state index in [2.05, 4.69) is 73.2 Å². The quantitative estimate of drug-likeness (QED) is 0.451. The van der Waals surface area contributed by atoms with Crippen LogP contribution in [0.4, 0.5) is 5.82 Å². The number of hydrogen-bond donors (Lipinski definition) is 1. The lowest BCUT2D eigenvalue weighted by Gasteiger charge is -2.17. The van der Waals surface area contributed by atoms with Crippen LogP contribution in [-0.2, 0) is 13.1 Å². The molecule has 29 heavy (non-hydrogen) atoms. The van der Waals surface area contributed by atoms with Crippen molar-refractivity contribution >= 4 is 38.1 Å². The van der Waals surface area contributed by atoms with Gasteiger partial charge in [-0.2, -0.15) is 0 Å². The van der Waals surface area contributed by atoms with Crippen molar-refractivity contribution in [3.63, 3.8) is 0 Å². The molecule has 0 fully saturated rings. The summed E-state index contributed by atoms with van der Waals surface area (Å²) in [6, 6.07) is 10.4. The first-order valence-corrected chi connectivity index (χ1v) is 11.0. The summed E-state index contributed by atoms with van der Waals surface area (Å²) >= 11 is 1.75. The van der Waals surface area contributed by atoms with Crippen molar-refractivity contribution in [2.75, 3.05) is 18.4 Å². The Morgan fingerprint density at radius 1 is 1.03 bits per heavy atom. The molecule has 0 spiro atoms. The zero-order valence-corrected chi connectivity index (χ0v) is 18.3. The number of thiophene rings is 1. The molecule has 1 N–H and O–H groups in total. The normalized spacial score (nSPS) is 11.6. The highest BCUT2D eigenvalue weighted by molar-refractivity contribution is 7.18. The molecule has 0 bridgehead atoms. The fourth-order valence-corrected chi connectivity index (χ4v) is 4.68. The van der Waals surface area contributed by atoms with Crippen LogP contribution in [0.15, 0.2) is 36.5 Å². The van der Waals surface area contributed by atoms with Crippen LogP contribution in [0.2, 0.25) is 0 Å². The number of benzene rings is 1. The van der Waals surface area contributed by atoms with E-state index >= 15 is 0 Å². The van der Waals surface area contributed by atoms with Crippen LogP contribution in [0.25, 0.3) is 21.0 Å². The predicted molar refractivity (Wildman–Crippen MR) is 123 cm³/mol. The summed E-state index contributed by atoms with van der Waals surface area (Å²) in [5, 5.41) is 7.09. The summed E-state index contributed by atoms with van der Waals surface area (Å²) in [4.78, 5) is 19.1. The molecule has 1 aromatic carbocycles. The van der Waals surface area contributed by atoms with E-state index in [1.54, 1.807) is 11.3 Å². The second-order valence-corrected chi connectivity index (χ2v) is 8.45. The first kappa shape index (κ1) is 19.7. The molecule has 6 heteroatoms. The first-order valence-electron chi connectivity index (χ1n) is 10.2. The Hall–Kier alpha value is -2.57. The Morgan fingerprint density at radius 3 is 2.62 bits per heavy atom. The van der Waals surface area contributed by atoms with Crippen molar-refractivity contribution in [3.8, 4) is 0 Å². The summed E-state index contributed by atoms with van der Waals surface area (Å²) in [5.74, 6) is 1.78. The Morgan fingerprint density at radius 2 is 1.83 bits per heavy atom. The van der Waals surface area contributed by atoms with Crippen LogP contribution in [0.3, 0.4) is 0 Å². The Kier molecular flexibility index (Phi) is 5.74. The van der Waals surface area contributed by atoms with Gasteiger partial charge in [0, 0.05) is 16.5 Å². The van der Waals surface area contributed by atoms with Gasteiger partial charge in [-0.1, -0.05) is 38.1 Å². The number of aryl methyl sites for hydroxylation is 2. The molecule has 0 aliphatic rings. The van der Waals surface area contributed by atoms with E-state index in [1.807, 2.05) is 6.20 Å². The van der Waals surface area contributed by atoms with Crippen molar-refractivity contribution in [2.24, 2.45) is 0 Å². The van der Waals surface area contributed by atoms with E-state index in [1.165, 1.54) is 21.2 Å². The maximum Gasteiger partial charge on any atom is 0.146 e. The second kappa shape index (κ2) is 8.43. The molecule has 4 aromatic rings. The molecule has 0 unspecified atom stereocenters. The molecule has 0 saturated carbocycles. The lowest BCUT2D eigenvalue weighted by atomic mass is 10.1. The molecule has 3 heterocycles. The summed E-state index contributed by atoms with van der Waals surface area (Å²) in [5.41, 5.74) is 2.29. The third-order valence-corrected chi connectivity index (χ3v) is 6.62. The molecular formula is C23H27N5S. The highest BCUT2D eigenvalue weighted by Crippen LogP contribution is 2.33. The number of fused-ring (bicyclic) bond motifs is 2. The van der Waals surface area contributed by atoms with E-state index in [9.17, 15) is 0 Å². The van der Waals surface area contributed by atoms with E-state index in [-0.39, 0.29) is 0 Å². The Bertz CT molecular complexity index is 1140. The number of anilines is 1. The van der Waals surface area contributed by atoms with Crippen LogP contribution in [0.1, 0.15) is 35.8 Å². The summed E-state index contributed by atoms with van der Waals surface area (Å²) in [6.07, 6.45) is 1.88. The number of nitrogens with zero attached hydrogens (tertiary/aromatic N) is 4. The summed E-state index contributed by atoms with van der Waals surface area (Å²) < 4.78 is 0. The molecule has 0 aliphatic heterocycles. The molecule has 150 valence electrons. The predicted octanol–water partition coefficient (Wildman–Crippen LogP) is 5.31. The van der Waals surface area contributed by atoms with E-state index in [4.69, 9.17) is 9.97 Å². The topological polar surface area (TPSA) is 53.9 Å². The highest BCUT2D eigenvalue weighted by atomic mass is 32.1. The fraction of sp³-hybridized carbons (Fsp3) is 0.348. The van der Waals surface area contributed by atoms with Gasteiger partial charge in [0.05, 0.1) is 24.2 Å². The van der Waals surface area contributed by atoms with Gasteiger partial charge in [0.2, 0.25) is 0 Å². The van der Waals surface area contributed by atoms with Crippen molar-refractivity contribution in [1.82, 2.24) is 19.9 Å². The molecule has 3 aromatic heterocycles. The zero-order chi connectivity index (χ0) is 20.4. The van der Waals surface area contributed by atoms with E-state index < -0.39 is 0 Å². The third kappa shape index (κ3) is 3.95. The molecule has 0 radical (unpaired) electrons. The van der Waals surface area contributed by atoms with Crippen LogP contribution < -0.4 is 5.32 Å². The molecule has 5 nitrogen and oxygen atoms in total. The molecule has 0 aliphatic carbocycles. The van der Waals surface area contributed by atoms with Crippen LogP contribution >= 0.6 is 11.3 Å². The van der Waals surface area contributed by atoms with Crippen molar-refractivity contribution < 1.29 is 0 Å². The fourth-order valence-electron chi connectivity index (χ4n) is 3.63. The minimum atomic E-state index is 0.631. The number of rotatable bonds is 7. The Labute approximate surface area is 175 Å². The van der Waals surface area contributed by atoms with Gasteiger partial charge in [-0.3, -0.25) is 9.88 Å². The van der Waals surface area contributed by atoms with Crippen molar-refractivity contribution in [2.45, 2.75) is 40.8 Å². The number of hydrogen-bond acceptors (Lipinski definition) is 6. The molecule has 0 atom stereocenters. The van der Waals surface area contributed by atoms with Gasteiger partial charge in [0.15, 0.2) is 0 Å². The van der Waals surface area contributed by atoms with Crippen molar-refractivity contribution in [1.29, 1.82) is 0 Å². The number of nitrogens with one attached hydrogen (secondary N) is 1. The third-order valence-electron chi connectivity index (χ3n) is 5.51. The molecule has 0 amide bonds. The lowest BCUT2D eigenvalue weighted by Crippen LogP contribution is -2.23. The standard InChI is InChI=1S/C23H27N5S/c1-5-28(6-2)14-20-26-22(21-15(3)16(4)29-23(21)27-20)25-13-19-18-10-8-7-9-17(18)11-12-24-19/h7-12H,5-6,13-14H2,1-4H3,(H,25,26,27). The lowest BCUT2D eigenvalue weighted by molar-refractivity contribution is 0.289. The smallest absolute Gasteiger partial charge is 0.146 e. The van der Waals surface area contributed by atoms with Gasteiger partial charge >= 0.3 is 0 Å². The first-order chi connectivity index (χ1) is 14.1. The maximum atomic E-state index is 4.92. The van der Waals surface area contributed by atoms with Gasteiger partial charge < -0.3 is 5.32 Å². The average Bonchev–Trinajstić information content (AvgIpc) is 3.03. The molecular weight excluding hydrogens is 378 g/mol. The second-order valence-electron chi connectivity index (χ2n) is 7.25. The molecule has 4 rings (SSSR count). The highest BCUT2D eigenvalue weighted by Gasteiger charge is 2.16. The molecule has 0 saturated heterocycles. The minimum absolute atomic E-state index is 0.631. The van der Waals surface area contributed by atoms with Gasteiger partial charge in [-0.05, 0) is 44.0 Å². The monoisotopic (exact) mass is 405 g/mol. The van der Waals surface area contributed by atoms with Gasteiger partial charge in [-0.15, -0.1) is 11.3 Å². The largest absolute Gasteiger partial charge is 0.364 e. The van der Waals surface area contributed by atoms with E-state index in [0.29, 0.717) is 6.54 Å². The SMILES string of the molecule is CCN(CC)Cc1nc(NCc2nccc3ccccc23)c2c(C)c(C)sc2n1. The van der Waals surface area contributed by atoms with Gasteiger partial charge in [-0.25, -0.2) is 9.97 Å². The maximum absolute atomic E-state index is 4.92. The number of aromatic nitrogens is 3.